The minimum atomic E-state index is -0.483. The maximum atomic E-state index is 12.5. The molecule has 0 aromatic heterocycles. The van der Waals surface area contributed by atoms with Crippen molar-refractivity contribution in [3.63, 3.8) is 0 Å². The van der Waals surface area contributed by atoms with Gasteiger partial charge >= 0.3 is 6.03 Å². The van der Waals surface area contributed by atoms with E-state index in [1.807, 2.05) is 24.3 Å². The van der Waals surface area contributed by atoms with E-state index in [-0.39, 0.29) is 12.1 Å². The second kappa shape index (κ2) is 9.43. The number of carbonyl (C=O) groups excluding carboxylic acids is 2. The maximum absolute atomic E-state index is 12.5. The number of ether oxygens (including phenoxy) is 1. The lowest BCUT2D eigenvalue weighted by atomic mass is 10.0. The summed E-state index contributed by atoms with van der Waals surface area (Å²) in [5.41, 5.74) is 8.18. The third-order valence-corrected chi connectivity index (χ3v) is 5.29. The first-order valence-corrected chi connectivity index (χ1v) is 9.82. The molecule has 7 nitrogen and oxygen atoms in total. The minimum Gasteiger partial charge on any atom is -0.496 e. The Morgan fingerprint density at radius 1 is 1.17 bits per heavy atom. The average molecular weight is 396 g/mol. The lowest BCUT2D eigenvalue weighted by Gasteiger charge is -2.29. The SMILES string of the molecule is COc1ccccc1C(CNC(=O)Nc1ccc(C(N)=O)c(C)c1)N1CCCC1. The van der Waals surface area contributed by atoms with Crippen LogP contribution in [0.2, 0.25) is 0 Å². The van der Waals surface area contributed by atoms with E-state index >= 15 is 0 Å². The van der Waals surface area contributed by atoms with E-state index in [1.165, 1.54) is 0 Å². The van der Waals surface area contributed by atoms with Gasteiger partial charge in [-0.1, -0.05) is 18.2 Å². The van der Waals surface area contributed by atoms with Gasteiger partial charge in [0.1, 0.15) is 5.75 Å². The van der Waals surface area contributed by atoms with Crippen molar-refractivity contribution in [2.75, 3.05) is 32.1 Å². The highest BCUT2D eigenvalue weighted by Gasteiger charge is 2.26. The summed E-state index contributed by atoms with van der Waals surface area (Å²) in [6.07, 6.45) is 2.31. The second-order valence-corrected chi connectivity index (χ2v) is 7.23. The topological polar surface area (TPSA) is 96.7 Å². The summed E-state index contributed by atoms with van der Waals surface area (Å²) in [5.74, 6) is 0.341. The van der Waals surface area contributed by atoms with Gasteiger partial charge in [-0.05, 0) is 62.7 Å². The summed E-state index contributed by atoms with van der Waals surface area (Å²) in [5, 5.41) is 5.80. The number of benzene rings is 2. The van der Waals surface area contributed by atoms with Gasteiger partial charge in [0.15, 0.2) is 0 Å². The molecule has 3 amide bonds. The summed E-state index contributed by atoms with van der Waals surface area (Å²) in [4.78, 5) is 26.2. The second-order valence-electron chi connectivity index (χ2n) is 7.23. The average Bonchev–Trinajstić information content (AvgIpc) is 3.23. The van der Waals surface area contributed by atoms with Gasteiger partial charge in [0.25, 0.3) is 0 Å². The first kappa shape index (κ1) is 20.7. The van der Waals surface area contributed by atoms with Crippen molar-refractivity contribution < 1.29 is 14.3 Å². The Kier molecular flexibility index (Phi) is 6.72. The molecule has 29 heavy (non-hydrogen) atoms. The Morgan fingerprint density at radius 2 is 1.90 bits per heavy atom. The predicted molar refractivity (Wildman–Crippen MR) is 113 cm³/mol. The van der Waals surface area contributed by atoms with Crippen molar-refractivity contribution in [3.05, 3.63) is 59.2 Å². The van der Waals surface area contributed by atoms with Crippen LogP contribution in [-0.2, 0) is 0 Å². The molecule has 154 valence electrons. The lowest BCUT2D eigenvalue weighted by Crippen LogP contribution is -2.38. The molecule has 0 spiro atoms. The number of carbonyl (C=O) groups is 2. The molecular formula is C22H28N4O3. The fraction of sp³-hybridized carbons (Fsp3) is 0.364. The van der Waals surface area contributed by atoms with Crippen LogP contribution in [0.25, 0.3) is 0 Å². The number of hydrogen-bond acceptors (Lipinski definition) is 4. The number of rotatable bonds is 7. The Balaban J connectivity index is 1.68. The summed E-state index contributed by atoms with van der Waals surface area (Å²) >= 11 is 0. The number of amides is 3. The number of nitrogens with zero attached hydrogens (tertiary/aromatic N) is 1. The van der Waals surface area contributed by atoms with Crippen molar-refractivity contribution in [1.29, 1.82) is 0 Å². The number of aryl methyl sites for hydroxylation is 1. The molecule has 0 aliphatic carbocycles. The van der Waals surface area contributed by atoms with E-state index in [9.17, 15) is 9.59 Å². The molecule has 1 atom stereocenters. The van der Waals surface area contributed by atoms with Gasteiger partial charge in [0.05, 0.1) is 13.2 Å². The van der Waals surface area contributed by atoms with Crippen LogP contribution >= 0.6 is 0 Å². The molecule has 7 heteroatoms. The molecule has 2 aromatic rings. The van der Waals surface area contributed by atoms with Crippen LogP contribution in [0.15, 0.2) is 42.5 Å². The van der Waals surface area contributed by atoms with Crippen LogP contribution in [0.1, 0.15) is 40.4 Å². The van der Waals surface area contributed by atoms with Crippen LogP contribution < -0.4 is 21.1 Å². The molecule has 1 aliphatic rings. The predicted octanol–water partition coefficient (Wildman–Crippen LogP) is 3.06. The van der Waals surface area contributed by atoms with Crippen LogP contribution in [0, 0.1) is 6.92 Å². The van der Waals surface area contributed by atoms with E-state index in [4.69, 9.17) is 10.5 Å². The van der Waals surface area contributed by atoms with Crippen molar-refractivity contribution in [1.82, 2.24) is 10.2 Å². The molecule has 4 N–H and O–H groups in total. The van der Waals surface area contributed by atoms with E-state index in [1.54, 1.807) is 32.2 Å². The molecule has 1 saturated heterocycles. The van der Waals surface area contributed by atoms with Crippen LogP contribution in [0.5, 0.6) is 5.75 Å². The Hall–Kier alpha value is -3.06. The normalized spacial score (nSPS) is 15.0. The molecule has 3 rings (SSSR count). The summed E-state index contributed by atoms with van der Waals surface area (Å²) in [7, 11) is 1.66. The summed E-state index contributed by atoms with van der Waals surface area (Å²) < 4.78 is 5.54. The Labute approximate surface area is 171 Å². The minimum absolute atomic E-state index is 0.0402. The molecule has 2 aromatic carbocycles. The smallest absolute Gasteiger partial charge is 0.319 e. The number of anilines is 1. The number of hydrogen-bond donors (Lipinski definition) is 3. The fourth-order valence-electron chi connectivity index (χ4n) is 3.81. The van der Waals surface area contributed by atoms with Gasteiger partial charge in [-0.3, -0.25) is 9.69 Å². The zero-order chi connectivity index (χ0) is 20.8. The number of nitrogens with one attached hydrogen (secondary N) is 2. The van der Waals surface area contributed by atoms with E-state index in [2.05, 4.69) is 15.5 Å². The van der Waals surface area contributed by atoms with Crippen molar-refractivity contribution in [2.24, 2.45) is 5.73 Å². The quantitative estimate of drug-likeness (QED) is 0.670. The highest BCUT2D eigenvalue weighted by molar-refractivity contribution is 5.96. The zero-order valence-electron chi connectivity index (χ0n) is 16.9. The van der Waals surface area contributed by atoms with Gasteiger partial charge in [-0.15, -0.1) is 0 Å². The number of primary amides is 1. The van der Waals surface area contributed by atoms with Crippen molar-refractivity contribution in [3.8, 4) is 5.75 Å². The monoisotopic (exact) mass is 396 g/mol. The third kappa shape index (κ3) is 5.06. The van der Waals surface area contributed by atoms with Gasteiger partial charge in [-0.2, -0.15) is 0 Å². The molecule has 0 saturated carbocycles. The lowest BCUT2D eigenvalue weighted by molar-refractivity contribution is 0.0999. The van der Waals surface area contributed by atoms with Gasteiger partial charge in [-0.25, -0.2) is 4.79 Å². The molecule has 0 bridgehead atoms. The van der Waals surface area contributed by atoms with E-state index in [0.717, 1.165) is 42.8 Å². The molecule has 0 radical (unpaired) electrons. The summed E-state index contributed by atoms with van der Waals surface area (Å²) in [6, 6.07) is 12.7. The molecule has 1 heterocycles. The van der Waals surface area contributed by atoms with Gasteiger partial charge < -0.3 is 21.1 Å². The summed E-state index contributed by atoms with van der Waals surface area (Å²) in [6.45, 7) is 4.25. The Bertz CT molecular complexity index is 878. The highest BCUT2D eigenvalue weighted by atomic mass is 16.5. The number of para-hydroxylation sites is 1. The van der Waals surface area contributed by atoms with E-state index in [0.29, 0.717) is 17.8 Å². The van der Waals surface area contributed by atoms with E-state index < -0.39 is 5.91 Å². The largest absolute Gasteiger partial charge is 0.496 e. The highest BCUT2D eigenvalue weighted by Crippen LogP contribution is 2.31. The fourth-order valence-corrected chi connectivity index (χ4v) is 3.81. The number of likely N-dealkylation sites (tertiary alicyclic amines) is 1. The standard InChI is InChI=1S/C22H28N4O3/c1-15-13-16(9-10-17(15)21(23)27)25-22(28)24-14-19(26-11-5-6-12-26)18-7-3-4-8-20(18)29-2/h3-4,7-10,13,19H,5-6,11-12,14H2,1-2H3,(H2,23,27)(H2,24,25,28). The van der Waals surface area contributed by atoms with Crippen molar-refractivity contribution >= 4 is 17.6 Å². The first-order chi connectivity index (χ1) is 14.0. The van der Waals surface area contributed by atoms with Gasteiger partial charge in [0.2, 0.25) is 5.91 Å². The number of nitrogens with two attached hydrogens (primary N) is 1. The van der Waals surface area contributed by atoms with Crippen molar-refractivity contribution in [2.45, 2.75) is 25.8 Å². The van der Waals surface area contributed by atoms with Crippen LogP contribution in [0.4, 0.5) is 10.5 Å². The maximum Gasteiger partial charge on any atom is 0.319 e. The third-order valence-electron chi connectivity index (χ3n) is 5.29. The molecule has 1 fully saturated rings. The van der Waals surface area contributed by atoms with Crippen LogP contribution in [-0.4, -0.2) is 43.6 Å². The number of urea groups is 1. The zero-order valence-corrected chi connectivity index (χ0v) is 16.9. The van der Waals surface area contributed by atoms with Crippen LogP contribution in [0.3, 0.4) is 0 Å². The first-order valence-electron chi connectivity index (χ1n) is 9.82. The number of methoxy groups -OCH3 is 1. The Morgan fingerprint density at radius 3 is 2.55 bits per heavy atom. The molecule has 1 unspecified atom stereocenters. The van der Waals surface area contributed by atoms with Gasteiger partial charge in [0, 0.05) is 23.4 Å². The molecular weight excluding hydrogens is 368 g/mol. The molecule has 1 aliphatic heterocycles.